The van der Waals surface area contributed by atoms with Crippen LogP contribution < -0.4 is 0 Å². The molecule has 1 amide bonds. The highest BCUT2D eigenvalue weighted by atomic mass is 35.5. The first-order valence-electron chi connectivity index (χ1n) is 9.21. The van der Waals surface area contributed by atoms with Gasteiger partial charge in [-0.15, -0.1) is 0 Å². The minimum Gasteiger partial charge on any atom is -0.379 e. The zero-order valence-corrected chi connectivity index (χ0v) is 15.8. The third-order valence-corrected chi connectivity index (χ3v) is 5.24. The molecule has 0 aromatic heterocycles. The van der Waals surface area contributed by atoms with Crippen molar-refractivity contribution in [1.82, 2.24) is 9.91 Å². The van der Waals surface area contributed by atoms with Crippen LogP contribution >= 0.6 is 11.6 Å². The fraction of sp³-hybridized carbons (Fsp3) is 0.333. The van der Waals surface area contributed by atoms with Crippen LogP contribution in [0.2, 0.25) is 5.02 Å². The van der Waals surface area contributed by atoms with Crippen LogP contribution in [0.3, 0.4) is 0 Å². The smallest absolute Gasteiger partial charge is 0.257 e. The maximum Gasteiger partial charge on any atom is 0.257 e. The van der Waals surface area contributed by atoms with Gasteiger partial charge in [0.1, 0.15) is 0 Å². The number of hydrogen-bond acceptors (Lipinski definition) is 4. The van der Waals surface area contributed by atoms with Gasteiger partial charge in [-0.25, -0.2) is 5.01 Å². The van der Waals surface area contributed by atoms with Gasteiger partial charge in [0.25, 0.3) is 5.91 Å². The summed E-state index contributed by atoms with van der Waals surface area (Å²) >= 11 is 6.01. The molecule has 2 aliphatic heterocycles. The summed E-state index contributed by atoms with van der Waals surface area (Å²) in [5.41, 5.74) is 3.01. The second-order valence-electron chi connectivity index (χ2n) is 6.81. The summed E-state index contributed by atoms with van der Waals surface area (Å²) in [5, 5.41) is 7.06. The molecule has 0 aliphatic carbocycles. The molecule has 0 saturated carbocycles. The Labute approximate surface area is 164 Å². The van der Waals surface area contributed by atoms with Crippen LogP contribution in [-0.2, 0) is 9.53 Å². The van der Waals surface area contributed by atoms with Crippen LogP contribution in [0, 0.1) is 0 Å². The number of nitrogens with zero attached hydrogens (tertiary/aromatic N) is 3. The molecule has 5 nitrogen and oxygen atoms in total. The summed E-state index contributed by atoms with van der Waals surface area (Å²) in [6.45, 7) is 3.28. The molecule has 0 radical (unpaired) electrons. The van der Waals surface area contributed by atoms with Crippen molar-refractivity contribution in [3.8, 4) is 0 Å². The van der Waals surface area contributed by atoms with Crippen molar-refractivity contribution in [2.45, 2.75) is 12.5 Å². The summed E-state index contributed by atoms with van der Waals surface area (Å²) < 4.78 is 5.38. The highest BCUT2D eigenvalue weighted by Gasteiger charge is 2.33. The summed E-state index contributed by atoms with van der Waals surface area (Å²) in [6.07, 6.45) is 0.695. The number of amides is 1. The Kier molecular flexibility index (Phi) is 5.53. The minimum atomic E-state index is -0.0783. The van der Waals surface area contributed by atoms with E-state index in [1.807, 2.05) is 42.5 Å². The van der Waals surface area contributed by atoms with Gasteiger partial charge in [0.15, 0.2) is 0 Å². The molecule has 0 spiro atoms. The van der Waals surface area contributed by atoms with Crippen LogP contribution in [-0.4, -0.2) is 54.4 Å². The summed E-state index contributed by atoms with van der Waals surface area (Å²) in [4.78, 5) is 15.2. The Balaban J connectivity index is 1.58. The molecular formula is C21H22ClN3O2. The molecule has 6 heteroatoms. The van der Waals surface area contributed by atoms with Gasteiger partial charge in [0.2, 0.25) is 0 Å². The zero-order valence-electron chi connectivity index (χ0n) is 15.1. The Hall–Kier alpha value is -2.21. The average molecular weight is 384 g/mol. The van der Waals surface area contributed by atoms with E-state index in [2.05, 4.69) is 17.0 Å². The largest absolute Gasteiger partial charge is 0.379 e. The van der Waals surface area contributed by atoms with Gasteiger partial charge >= 0.3 is 0 Å². The number of halogens is 1. The maximum absolute atomic E-state index is 13.0. The second kappa shape index (κ2) is 8.21. The zero-order chi connectivity index (χ0) is 18.6. The van der Waals surface area contributed by atoms with Crippen molar-refractivity contribution in [3.05, 3.63) is 70.7 Å². The molecule has 2 aromatic carbocycles. The van der Waals surface area contributed by atoms with E-state index < -0.39 is 0 Å². The first-order chi connectivity index (χ1) is 13.2. The lowest BCUT2D eigenvalue weighted by molar-refractivity contribution is -0.135. The lowest BCUT2D eigenvalue weighted by Crippen LogP contribution is -2.43. The lowest BCUT2D eigenvalue weighted by Gasteiger charge is -2.29. The monoisotopic (exact) mass is 383 g/mol. The molecule has 4 rings (SSSR count). The van der Waals surface area contributed by atoms with E-state index in [-0.39, 0.29) is 11.9 Å². The van der Waals surface area contributed by atoms with E-state index in [0.29, 0.717) is 31.2 Å². The summed E-state index contributed by atoms with van der Waals surface area (Å²) in [7, 11) is 0. The third kappa shape index (κ3) is 4.21. The highest BCUT2D eigenvalue weighted by molar-refractivity contribution is 6.30. The minimum absolute atomic E-state index is 0.0229. The van der Waals surface area contributed by atoms with E-state index in [1.165, 1.54) is 0 Å². The molecule has 1 fully saturated rings. The number of carbonyl (C=O) groups is 1. The molecule has 0 unspecified atom stereocenters. The molecule has 0 N–H and O–H groups in total. The van der Waals surface area contributed by atoms with Crippen molar-refractivity contribution in [2.75, 3.05) is 32.8 Å². The van der Waals surface area contributed by atoms with E-state index in [0.717, 1.165) is 29.9 Å². The molecule has 1 atom stereocenters. The van der Waals surface area contributed by atoms with Gasteiger partial charge in [0, 0.05) is 24.5 Å². The van der Waals surface area contributed by atoms with Gasteiger partial charge in [0.05, 0.1) is 31.5 Å². The predicted octanol–water partition coefficient (Wildman–Crippen LogP) is 3.35. The summed E-state index contributed by atoms with van der Waals surface area (Å²) in [6, 6.07) is 17.6. The Morgan fingerprint density at radius 3 is 2.48 bits per heavy atom. The van der Waals surface area contributed by atoms with Crippen molar-refractivity contribution in [2.24, 2.45) is 5.10 Å². The number of rotatable bonds is 4. The van der Waals surface area contributed by atoms with Crippen molar-refractivity contribution in [3.63, 3.8) is 0 Å². The van der Waals surface area contributed by atoms with Crippen LogP contribution in [0.25, 0.3) is 0 Å². The SMILES string of the molecule is O=C(CN1CCOCC1)N1N=C(c2ccc(Cl)cc2)C[C@H]1c1ccccc1. The quantitative estimate of drug-likeness (QED) is 0.813. The van der Waals surface area contributed by atoms with Gasteiger partial charge in [-0.3, -0.25) is 9.69 Å². The maximum atomic E-state index is 13.0. The van der Waals surface area contributed by atoms with E-state index in [1.54, 1.807) is 5.01 Å². The highest BCUT2D eigenvalue weighted by Crippen LogP contribution is 2.33. The Morgan fingerprint density at radius 2 is 1.78 bits per heavy atom. The van der Waals surface area contributed by atoms with Crippen molar-refractivity contribution < 1.29 is 9.53 Å². The van der Waals surface area contributed by atoms with E-state index in [4.69, 9.17) is 21.4 Å². The normalized spacial score (nSPS) is 20.6. The number of morpholine rings is 1. The van der Waals surface area contributed by atoms with Crippen LogP contribution in [0.1, 0.15) is 23.6 Å². The molecule has 27 heavy (non-hydrogen) atoms. The second-order valence-corrected chi connectivity index (χ2v) is 7.25. The fourth-order valence-corrected chi connectivity index (χ4v) is 3.64. The Morgan fingerprint density at radius 1 is 1.07 bits per heavy atom. The molecule has 140 valence electrons. The molecular weight excluding hydrogens is 362 g/mol. The van der Waals surface area contributed by atoms with Gasteiger partial charge in [-0.1, -0.05) is 54.1 Å². The van der Waals surface area contributed by atoms with Crippen LogP contribution in [0.15, 0.2) is 59.7 Å². The number of hydrazone groups is 1. The van der Waals surface area contributed by atoms with Gasteiger partial charge in [-0.05, 0) is 23.3 Å². The number of carbonyl (C=O) groups excluding carboxylic acids is 1. The third-order valence-electron chi connectivity index (χ3n) is 4.99. The first-order valence-corrected chi connectivity index (χ1v) is 9.59. The number of ether oxygens (including phenoxy) is 1. The Bertz CT molecular complexity index is 817. The molecule has 2 aliphatic rings. The molecule has 0 bridgehead atoms. The fourth-order valence-electron chi connectivity index (χ4n) is 3.51. The topological polar surface area (TPSA) is 45.1 Å². The summed E-state index contributed by atoms with van der Waals surface area (Å²) in [5.74, 6) is 0.0229. The molecule has 1 saturated heterocycles. The average Bonchev–Trinajstić information content (AvgIpc) is 3.16. The van der Waals surface area contributed by atoms with Crippen molar-refractivity contribution >= 4 is 23.2 Å². The number of benzene rings is 2. The molecule has 2 aromatic rings. The van der Waals surface area contributed by atoms with E-state index >= 15 is 0 Å². The van der Waals surface area contributed by atoms with Crippen molar-refractivity contribution in [1.29, 1.82) is 0 Å². The standard InChI is InChI=1S/C21H22ClN3O2/c22-18-8-6-16(7-9-18)19-14-20(17-4-2-1-3-5-17)25(23-19)21(26)15-24-10-12-27-13-11-24/h1-9,20H,10-15H2/t20-/m0/s1. The number of hydrogen-bond donors (Lipinski definition) is 0. The lowest BCUT2D eigenvalue weighted by atomic mass is 9.98. The van der Waals surface area contributed by atoms with Crippen LogP contribution in [0.4, 0.5) is 0 Å². The van der Waals surface area contributed by atoms with Gasteiger partial charge < -0.3 is 4.74 Å². The van der Waals surface area contributed by atoms with Gasteiger partial charge in [-0.2, -0.15) is 5.10 Å². The van der Waals surface area contributed by atoms with Crippen LogP contribution in [0.5, 0.6) is 0 Å². The first kappa shape index (κ1) is 18.2. The molecule has 2 heterocycles. The van der Waals surface area contributed by atoms with E-state index in [9.17, 15) is 4.79 Å². The predicted molar refractivity (Wildman–Crippen MR) is 106 cm³/mol.